The molecule has 2 heterocycles. The standard InChI is InChI=1S/C13H22N2S/c1-11-9-15(13(2,3)10-14-11)7-6-12-5-4-8-16-12/h4-5,8,11,14H,6-7,9-10H2,1-3H3. The summed E-state index contributed by atoms with van der Waals surface area (Å²) in [5.41, 5.74) is 0.295. The van der Waals surface area contributed by atoms with Crippen molar-refractivity contribution >= 4 is 11.3 Å². The zero-order chi connectivity index (χ0) is 11.6. The average molecular weight is 238 g/mol. The largest absolute Gasteiger partial charge is 0.311 e. The molecule has 2 nitrogen and oxygen atoms in total. The van der Waals surface area contributed by atoms with Gasteiger partial charge in [0.2, 0.25) is 0 Å². The third-order valence-electron chi connectivity index (χ3n) is 3.44. The summed E-state index contributed by atoms with van der Waals surface area (Å²) < 4.78 is 0. The Bertz CT molecular complexity index is 319. The second-order valence-corrected chi connectivity index (χ2v) is 6.40. The van der Waals surface area contributed by atoms with Crippen LogP contribution in [0.25, 0.3) is 0 Å². The maximum absolute atomic E-state index is 3.56. The van der Waals surface area contributed by atoms with Crippen molar-refractivity contribution in [1.82, 2.24) is 10.2 Å². The Labute approximate surface area is 103 Å². The van der Waals surface area contributed by atoms with Gasteiger partial charge in [-0.15, -0.1) is 11.3 Å². The fraction of sp³-hybridized carbons (Fsp3) is 0.692. The maximum atomic E-state index is 3.56. The average Bonchev–Trinajstić information content (AvgIpc) is 2.72. The minimum absolute atomic E-state index is 0.295. The Morgan fingerprint density at radius 2 is 2.38 bits per heavy atom. The quantitative estimate of drug-likeness (QED) is 0.869. The van der Waals surface area contributed by atoms with E-state index in [-0.39, 0.29) is 0 Å². The molecule has 16 heavy (non-hydrogen) atoms. The van der Waals surface area contributed by atoms with Gasteiger partial charge in [-0.1, -0.05) is 6.07 Å². The maximum Gasteiger partial charge on any atom is 0.0278 e. The van der Waals surface area contributed by atoms with Gasteiger partial charge in [0, 0.05) is 36.1 Å². The molecule has 1 unspecified atom stereocenters. The normalized spacial score (nSPS) is 25.8. The Morgan fingerprint density at radius 3 is 3.06 bits per heavy atom. The van der Waals surface area contributed by atoms with Crippen LogP contribution in [0, 0.1) is 0 Å². The van der Waals surface area contributed by atoms with E-state index >= 15 is 0 Å². The van der Waals surface area contributed by atoms with Crippen LogP contribution in [0.5, 0.6) is 0 Å². The van der Waals surface area contributed by atoms with Crippen LogP contribution in [-0.2, 0) is 6.42 Å². The highest BCUT2D eigenvalue weighted by molar-refractivity contribution is 7.09. The smallest absolute Gasteiger partial charge is 0.0278 e. The van der Waals surface area contributed by atoms with Gasteiger partial charge < -0.3 is 5.32 Å². The second-order valence-electron chi connectivity index (χ2n) is 5.37. The molecule has 3 heteroatoms. The van der Waals surface area contributed by atoms with Crippen molar-refractivity contribution in [3.8, 4) is 0 Å². The fourth-order valence-corrected chi connectivity index (χ4v) is 2.97. The predicted octanol–water partition coefficient (Wildman–Crippen LogP) is 2.36. The van der Waals surface area contributed by atoms with Crippen molar-refractivity contribution in [2.45, 2.75) is 38.8 Å². The van der Waals surface area contributed by atoms with Crippen LogP contribution in [0.1, 0.15) is 25.6 Å². The van der Waals surface area contributed by atoms with Gasteiger partial charge in [-0.2, -0.15) is 0 Å². The molecule has 0 aromatic carbocycles. The summed E-state index contributed by atoms with van der Waals surface area (Å²) in [5.74, 6) is 0. The van der Waals surface area contributed by atoms with Gasteiger partial charge in [-0.3, -0.25) is 4.90 Å². The third kappa shape index (κ3) is 2.84. The molecule has 1 aliphatic heterocycles. The van der Waals surface area contributed by atoms with Crippen LogP contribution in [0.3, 0.4) is 0 Å². The summed E-state index contributed by atoms with van der Waals surface area (Å²) in [7, 11) is 0. The minimum atomic E-state index is 0.295. The molecule has 0 radical (unpaired) electrons. The van der Waals surface area contributed by atoms with E-state index in [0.29, 0.717) is 11.6 Å². The molecule has 1 aliphatic rings. The summed E-state index contributed by atoms with van der Waals surface area (Å²) in [5, 5.41) is 5.72. The van der Waals surface area contributed by atoms with E-state index < -0.39 is 0 Å². The highest BCUT2D eigenvalue weighted by Gasteiger charge is 2.31. The summed E-state index contributed by atoms with van der Waals surface area (Å²) in [6.45, 7) is 10.4. The van der Waals surface area contributed by atoms with Gasteiger partial charge in [0.15, 0.2) is 0 Å². The Morgan fingerprint density at radius 1 is 1.56 bits per heavy atom. The second kappa shape index (κ2) is 4.86. The van der Waals surface area contributed by atoms with Crippen molar-refractivity contribution in [2.24, 2.45) is 0 Å². The molecule has 1 atom stereocenters. The highest BCUT2D eigenvalue weighted by Crippen LogP contribution is 2.19. The number of thiophene rings is 1. The molecule has 1 aromatic heterocycles. The van der Waals surface area contributed by atoms with E-state index in [2.05, 4.69) is 48.5 Å². The first-order valence-corrected chi connectivity index (χ1v) is 6.97. The van der Waals surface area contributed by atoms with Crippen LogP contribution in [0.15, 0.2) is 17.5 Å². The number of nitrogens with one attached hydrogen (secondary N) is 1. The van der Waals surface area contributed by atoms with Crippen molar-refractivity contribution in [1.29, 1.82) is 0 Å². The lowest BCUT2D eigenvalue weighted by atomic mass is 9.97. The molecule has 0 bridgehead atoms. The van der Waals surface area contributed by atoms with Gasteiger partial charge in [0.1, 0.15) is 0 Å². The first kappa shape index (κ1) is 12.1. The van der Waals surface area contributed by atoms with Gasteiger partial charge in [0.25, 0.3) is 0 Å². The fourth-order valence-electron chi connectivity index (χ4n) is 2.27. The van der Waals surface area contributed by atoms with Crippen LogP contribution in [0.2, 0.25) is 0 Å². The van der Waals surface area contributed by atoms with Crippen molar-refractivity contribution < 1.29 is 0 Å². The molecule has 90 valence electrons. The molecule has 0 aliphatic carbocycles. The van der Waals surface area contributed by atoms with Crippen LogP contribution >= 0.6 is 11.3 Å². The van der Waals surface area contributed by atoms with E-state index in [1.807, 2.05) is 11.3 Å². The van der Waals surface area contributed by atoms with Crippen LogP contribution in [0.4, 0.5) is 0 Å². The summed E-state index contributed by atoms with van der Waals surface area (Å²) in [6.07, 6.45) is 1.19. The van der Waals surface area contributed by atoms with Crippen molar-refractivity contribution in [3.05, 3.63) is 22.4 Å². The zero-order valence-corrected chi connectivity index (χ0v) is 11.3. The highest BCUT2D eigenvalue weighted by atomic mass is 32.1. The number of hydrogen-bond donors (Lipinski definition) is 1. The Hall–Kier alpha value is -0.380. The third-order valence-corrected chi connectivity index (χ3v) is 4.38. The van der Waals surface area contributed by atoms with E-state index in [9.17, 15) is 0 Å². The lowest BCUT2D eigenvalue weighted by Crippen LogP contribution is -2.61. The molecule has 1 aromatic rings. The molecule has 1 N–H and O–H groups in total. The Balaban J connectivity index is 1.91. The number of rotatable bonds is 3. The van der Waals surface area contributed by atoms with Crippen LogP contribution < -0.4 is 5.32 Å². The predicted molar refractivity (Wildman–Crippen MR) is 71.1 cm³/mol. The van der Waals surface area contributed by atoms with E-state index in [0.717, 1.165) is 6.54 Å². The lowest BCUT2D eigenvalue weighted by molar-refractivity contribution is 0.0717. The molecular formula is C13H22N2S. The first-order valence-electron chi connectivity index (χ1n) is 6.09. The summed E-state index contributed by atoms with van der Waals surface area (Å²) >= 11 is 1.87. The zero-order valence-electron chi connectivity index (χ0n) is 10.5. The number of nitrogens with zero attached hydrogens (tertiary/aromatic N) is 1. The molecule has 0 spiro atoms. The van der Waals surface area contributed by atoms with E-state index in [1.165, 1.54) is 24.4 Å². The van der Waals surface area contributed by atoms with E-state index in [4.69, 9.17) is 0 Å². The summed E-state index contributed by atoms with van der Waals surface area (Å²) in [4.78, 5) is 4.12. The first-order chi connectivity index (χ1) is 7.58. The molecule has 0 saturated carbocycles. The Kier molecular flexibility index (Phi) is 3.67. The monoisotopic (exact) mass is 238 g/mol. The topological polar surface area (TPSA) is 15.3 Å². The van der Waals surface area contributed by atoms with Crippen LogP contribution in [-0.4, -0.2) is 36.1 Å². The molecule has 2 rings (SSSR count). The molecule has 1 fully saturated rings. The van der Waals surface area contributed by atoms with Crippen molar-refractivity contribution in [2.75, 3.05) is 19.6 Å². The molecular weight excluding hydrogens is 216 g/mol. The lowest BCUT2D eigenvalue weighted by Gasteiger charge is -2.45. The van der Waals surface area contributed by atoms with E-state index in [1.54, 1.807) is 0 Å². The molecule has 1 saturated heterocycles. The van der Waals surface area contributed by atoms with Gasteiger partial charge in [-0.05, 0) is 38.6 Å². The van der Waals surface area contributed by atoms with Gasteiger partial charge >= 0.3 is 0 Å². The van der Waals surface area contributed by atoms with Crippen molar-refractivity contribution in [3.63, 3.8) is 0 Å². The van der Waals surface area contributed by atoms with Gasteiger partial charge in [-0.25, -0.2) is 0 Å². The SMILES string of the molecule is CC1CN(CCc2cccs2)C(C)(C)CN1. The minimum Gasteiger partial charge on any atom is -0.311 e. The van der Waals surface area contributed by atoms with Gasteiger partial charge in [0.05, 0.1) is 0 Å². The molecule has 0 amide bonds. The summed E-state index contributed by atoms with van der Waals surface area (Å²) in [6, 6.07) is 5.01. The number of hydrogen-bond acceptors (Lipinski definition) is 3. The number of piperazine rings is 1.